The number of nitrogens with one attached hydrogen (secondary N) is 1. The number of amides is 1. The van der Waals surface area contributed by atoms with Crippen molar-refractivity contribution < 1.29 is 4.79 Å². The number of rotatable bonds is 2. The standard InChI is InChI=1S/C11H13N5O/c12-9(17)7-8-11(14-5-13-7)16-10(15-8)6-3-1-2-4-6/h5-6H,1-4H2,(H2,12,17)(H,13,14,15,16). The molecule has 1 fully saturated rings. The number of hydrogen-bond acceptors (Lipinski definition) is 4. The van der Waals surface area contributed by atoms with E-state index >= 15 is 0 Å². The van der Waals surface area contributed by atoms with Gasteiger partial charge in [-0.05, 0) is 12.8 Å². The van der Waals surface area contributed by atoms with Crippen LogP contribution in [-0.4, -0.2) is 25.8 Å². The summed E-state index contributed by atoms with van der Waals surface area (Å²) < 4.78 is 0. The SMILES string of the molecule is NC(=O)c1ncnc2nc(C3CCCC3)[nH]c12. The van der Waals surface area contributed by atoms with Crippen molar-refractivity contribution in [3.05, 3.63) is 17.8 Å². The van der Waals surface area contributed by atoms with Gasteiger partial charge in [0, 0.05) is 5.92 Å². The zero-order valence-electron chi connectivity index (χ0n) is 9.31. The van der Waals surface area contributed by atoms with Crippen molar-refractivity contribution in [2.45, 2.75) is 31.6 Å². The molecule has 2 aromatic heterocycles. The van der Waals surface area contributed by atoms with Crippen LogP contribution in [0.25, 0.3) is 11.2 Å². The first-order valence-corrected chi connectivity index (χ1v) is 5.76. The van der Waals surface area contributed by atoms with Gasteiger partial charge in [0.25, 0.3) is 5.91 Å². The first-order valence-electron chi connectivity index (χ1n) is 5.76. The van der Waals surface area contributed by atoms with Crippen molar-refractivity contribution in [1.29, 1.82) is 0 Å². The molecule has 1 saturated carbocycles. The first-order chi connectivity index (χ1) is 8.25. The second-order valence-electron chi connectivity index (χ2n) is 4.39. The fourth-order valence-corrected chi connectivity index (χ4v) is 2.43. The Balaban J connectivity index is 2.11. The average molecular weight is 231 g/mol. The Bertz CT molecular complexity index is 570. The zero-order chi connectivity index (χ0) is 11.8. The molecular weight excluding hydrogens is 218 g/mol. The van der Waals surface area contributed by atoms with Crippen molar-refractivity contribution in [2.75, 3.05) is 0 Å². The Morgan fingerprint density at radius 1 is 1.35 bits per heavy atom. The Hall–Kier alpha value is -1.98. The minimum atomic E-state index is -0.556. The lowest BCUT2D eigenvalue weighted by Gasteiger charge is -2.02. The summed E-state index contributed by atoms with van der Waals surface area (Å²) in [5, 5.41) is 0. The second-order valence-corrected chi connectivity index (χ2v) is 4.39. The first kappa shape index (κ1) is 10.2. The van der Waals surface area contributed by atoms with E-state index < -0.39 is 5.91 Å². The summed E-state index contributed by atoms with van der Waals surface area (Å²) >= 11 is 0. The summed E-state index contributed by atoms with van der Waals surface area (Å²) in [4.78, 5) is 26.7. The number of carbonyl (C=O) groups excluding carboxylic acids is 1. The van der Waals surface area contributed by atoms with Crippen molar-refractivity contribution in [3.8, 4) is 0 Å². The van der Waals surface area contributed by atoms with E-state index in [0.717, 1.165) is 18.7 Å². The maximum atomic E-state index is 11.2. The lowest BCUT2D eigenvalue weighted by molar-refractivity contribution is 0.0997. The van der Waals surface area contributed by atoms with Crippen LogP contribution in [0.4, 0.5) is 0 Å². The predicted octanol–water partition coefficient (Wildman–Crippen LogP) is 1.11. The van der Waals surface area contributed by atoms with E-state index in [1.807, 2.05) is 0 Å². The minimum Gasteiger partial charge on any atom is -0.364 e. The molecule has 2 aromatic rings. The van der Waals surface area contributed by atoms with Crippen LogP contribution in [0.2, 0.25) is 0 Å². The van der Waals surface area contributed by atoms with Gasteiger partial charge < -0.3 is 10.7 Å². The van der Waals surface area contributed by atoms with E-state index in [2.05, 4.69) is 19.9 Å². The monoisotopic (exact) mass is 231 g/mol. The number of hydrogen-bond donors (Lipinski definition) is 2. The number of nitrogens with zero attached hydrogens (tertiary/aromatic N) is 3. The summed E-state index contributed by atoms with van der Waals surface area (Å²) in [6.45, 7) is 0. The third-order valence-corrected chi connectivity index (χ3v) is 3.28. The molecular formula is C11H13N5O. The van der Waals surface area contributed by atoms with Gasteiger partial charge in [-0.2, -0.15) is 0 Å². The summed E-state index contributed by atoms with van der Waals surface area (Å²) in [5.41, 5.74) is 6.56. The molecule has 2 heterocycles. The van der Waals surface area contributed by atoms with Crippen molar-refractivity contribution in [1.82, 2.24) is 19.9 Å². The molecule has 1 aliphatic rings. The molecule has 0 unspecified atom stereocenters. The van der Waals surface area contributed by atoms with Crippen LogP contribution in [0.15, 0.2) is 6.33 Å². The molecule has 1 aliphatic carbocycles. The Morgan fingerprint density at radius 2 is 2.12 bits per heavy atom. The van der Waals surface area contributed by atoms with Crippen LogP contribution in [0.1, 0.15) is 47.9 Å². The maximum absolute atomic E-state index is 11.2. The molecule has 1 amide bonds. The minimum absolute atomic E-state index is 0.215. The van der Waals surface area contributed by atoms with Gasteiger partial charge in [0.15, 0.2) is 11.3 Å². The van der Waals surface area contributed by atoms with Gasteiger partial charge in [0.05, 0.1) is 0 Å². The number of aromatic nitrogens is 4. The third kappa shape index (κ3) is 1.65. The Kier molecular flexibility index (Phi) is 2.28. The van der Waals surface area contributed by atoms with Gasteiger partial charge in [-0.3, -0.25) is 4.79 Å². The van der Waals surface area contributed by atoms with Gasteiger partial charge >= 0.3 is 0 Å². The van der Waals surface area contributed by atoms with E-state index in [-0.39, 0.29) is 5.69 Å². The largest absolute Gasteiger partial charge is 0.364 e. The van der Waals surface area contributed by atoms with Crippen molar-refractivity contribution >= 4 is 17.1 Å². The smallest absolute Gasteiger partial charge is 0.269 e. The molecule has 3 N–H and O–H groups in total. The van der Waals surface area contributed by atoms with Crippen LogP contribution in [-0.2, 0) is 0 Å². The molecule has 17 heavy (non-hydrogen) atoms. The molecule has 6 heteroatoms. The van der Waals surface area contributed by atoms with Gasteiger partial charge in [-0.25, -0.2) is 15.0 Å². The molecule has 88 valence electrons. The van der Waals surface area contributed by atoms with Crippen LogP contribution in [0, 0.1) is 0 Å². The topological polar surface area (TPSA) is 97.6 Å². The van der Waals surface area contributed by atoms with Crippen molar-refractivity contribution in [2.24, 2.45) is 5.73 Å². The van der Waals surface area contributed by atoms with Crippen LogP contribution in [0.5, 0.6) is 0 Å². The highest BCUT2D eigenvalue weighted by molar-refractivity contribution is 6.01. The average Bonchev–Trinajstić information content (AvgIpc) is 2.96. The summed E-state index contributed by atoms with van der Waals surface area (Å²) in [7, 11) is 0. The second kappa shape index (κ2) is 3.80. The Morgan fingerprint density at radius 3 is 2.82 bits per heavy atom. The molecule has 0 radical (unpaired) electrons. The summed E-state index contributed by atoms with van der Waals surface area (Å²) in [5.74, 6) is 0.796. The van der Waals surface area contributed by atoms with Gasteiger partial charge in [0.2, 0.25) is 0 Å². The number of primary amides is 1. The fourth-order valence-electron chi connectivity index (χ4n) is 2.43. The highest BCUT2D eigenvalue weighted by Gasteiger charge is 2.22. The van der Waals surface area contributed by atoms with E-state index in [9.17, 15) is 4.79 Å². The molecule has 6 nitrogen and oxygen atoms in total. The number of H-pyrrole nitrogens is 1. The van der Waals surface area contributed by atoms with Crippen molar-refractivity contribution in [3.63, 3.8) is 0 Å². The molecule has 0 atom stereocenters. The van der Waals surface area contributed by atoms with Crippen LogP contribution in [0.3, 0.4) is 0 Å². The van der Waals surface area contributed by atoms with E-state index in [1.165, 1.54) is 19.2 Å². The van der Waals surface area contributed by atoms with Gasteiger partial charge in [0.1, 0.15) is 17.7 Å². The van der Waals surface area contributed by atoms with E-state index in [1.54, 1.807) is 0 Å². The number of fused-ring (bicyclic) bond motifs is 1. The Labute approximate surface area is 97.7 Å². The molecule has 0 bridgehead atoms. The lowest BCUT2D eigenvalue weighted by Crippen LogP contribution is -2.13. The summed E-state index contributed by atoms with van der Waals surface area (Å²) in [6, 6.07) is 0. The third-order valence-electron chi connectivity index (χ3n) is 3.28. The normalized spacial score (nSPS) is 16.7. The fraction of sp³-hybridized carbons (Fsp3) is 0.455. The van der Waals surface area contributed by atoms with Gasteiger partial charge in [-0.1, -0.05) is 12.8 Å². The number of nitrogens with two attached hydrogens (primary N) is 1. The molecule has 3 rings (SSSR count). The van der Waals surface area contributed by atoms with Crippen LogP contribution >= 0.6 is 0 Å². The zero-order valence-corrected chi connectivity index (χ0v) is 9.31. The molecule has 0 aromatic carbocycles. The molecule has 0 aliphatic heterocycles. The summed E-state index contributed by atoms with van der Waals surface area (Å²) in [6.07, 6.45) is 6.06. The number of imidazole rings is 1. The number of aromatic amines is 1. The predicted molar refractivity (Wildman–Crippen MR) is 61.4 cm³/mol. The lowest BCUT2D eigenvalue weighted by atomic mass is 10.1. The van der Waals surface area contributed by atoms with E-state index in [4.69, 9.17) is 5.73 Å². The van der Waals surface area contributed by atoms with E-state index in [0.29, 0.717) is 17.1 Å². The molecule has 0 spiro atoms. The highest BCUT2D eigenvalue weighted by Crippen LogP contribution is 2.33. The van der Waals surface area contributed by atoms with Crippen LogP contribution < -0.4 is 5.73 Å². The number of carbonyl (C=O) groups is 1. The highest BCUT2D eigenvalue weighted by atomic mass is 16.1. The quantitative estimate of drug-likeness (QED) is 0.808. The van der Waals surface area contributed by atoms with Gasteiger partial charge in [-0.15, -0.1) is 0 Å². The maximum Gasteiger partial charge on any atom is 0.269 e. The molecule has 0 saturated heterocycles.